The maximum Gasteiger partial charge on any atom is 0.313 e. The lowest BCUT2D eigenvalue weighted by Crippen LogP contribution is -2.34. The van der Waals surface area contributed by atoms with Crippen LogP contribution in [0.2, 0.25) is 0 Å². The Kier molecular flexibility index (Phi) is 4.51. The highest BCUT2D eigenvalue weighted by Crippen LogP contribution is 2.13. The summed E-state index contributed by atoms with van der Waals surface area (Å²) in [5, 5.41) is 9.23. The highest BCUT2D eigenvalue weighted by atomic mass is 16.5. The minimum Gasteiger partial charge on any atom is -0.469 e. The summed E-state index contributed by atoms with van der Waals surface area (Å²) in [7, 11) is 1.29. The molecule has 4 nitrogen and oxygen atoms in total. The van der Waals surface area contributed by atoms with Gasteiger partial charge in [-0.1, -0.05) is 0 Å². The SMILES string of the molecule is C=NC(C)C(C(=O)OC)C(C)O. The Morgan fingerprint density at radius 2 is 2.08 bits per heavy atom. The molecule has 0 fully saturated rings. The molecule has 0 aliphatic rings. The van der Waals surface area contributed by atoms with Gasteiger partial charge in [0, 0.05) is 0 Å². The Morgan fingerprint density at radius 3 is 2.33 bits per heavy atom. The first kappa shape index (κ1) is 11.1. The van der Waals surface area contributed by atoms with Crippen LogP contribution in [0, 0.1) is 5.92 Å². The first-order valence-corrected chi connectivity index (χ1v) is 3.76. The number of hydrogen-bond donors (Lipinski definition) is 1. The van der Waals surface area contributed by atoms with Gasteiger partial charge in [0.15, 0.2) is 0 Å². The van der Waals surface area contributed by atoms with Crippen molar-refractivity contribution in [1.82, 2.24) is 0 Å². The predicted octanol–water partition coefficient (Wildman–Crippen LogP) is 0.245. The maximum atomic E-state index is 11.1. The molecule has 70 valence electrons. The normalized spacial score (nSPS) is 17.7. The van der Waals surface area contributed by atoms with Crippen LogP contribution < -0.4 is 0 Å². The van der Waals surface area contributed by atoms with E-state index in [2.05, 4.69) is 16.4 Å². The summed E-state index contributed by atoms with van der Waals surface area (Å²) in [4.78, 5) is 14.8. The van der Waals surface area contributed by atoms with Crippen molar-refractivity contribution < 1.29 is 14.6 Å². The van der Waals surface area contributed by atoms with E-state index in [1.165, 1.54) is 14.0 Å². The average molecular weight is 173 g/mol. The van der Waals surface area contributed by atoms with Crippen molar-refractivity contribution in [1.29, 1.82) is 0 Å². The zero-order valence-corrected chi connectivity index (χ0v) is 7.65. The van der Waals surface area contributed by atoms with Crippen LogP contribution in [0.4, 0.5) is 0 Å². The van der Waals surface area contributed by atoms with Crippen LogP contribution in [0.5, 0.6) is 0 Å². The molecule has 12 heavy (non-hydrogen) atoms. The smallest absolute Gasteiger partial charge is 0.313 e. The average Bonchev–Trinajstić information content (AvgIpc) is 2.03. The van der Waals surface area contributed by atoms with E-state index in [9.17, 15) is 9.90 Å². The summed E-state index contributed by atoms with van der Waals surface area (Å²) >= 11 is 0. The quantitative estimate of drug-likeness (QED) is 0.489. The molecule has 3 unspecified atom stereocenters. The first-order chi connectivity index (χ1) is 5.54. The van der Waals surface area contributed by atoms with Crippen LogP contribution in [0.25, 0.3) is 0 Å². The Hall–Kier alpha value is -0.900. The summed E-state index contributed by atoms with van der Waals surface area (Å²) in [6.45, 7) is 6.55. The van der Waals surface area contributed by atoms with Crippen LogP contribution in [-0.4, -0.2) is 37.0 Å². The molecule has 0 aromatic heterocycles. The molecular formula is C8H15NO3. The van der Waals surface area contributed by atoms with Crippen LogP contribution in [0.1, 0.15) is 13.8 Å². The Morgan fingerprint density at radius 1 is 1.58 bits per heavy atom. The maximum absolute atomic E-state index is 11.1. The van der Waals surface area contributed by atoms with Gasteiger partial charge in [-0.3, -0.25) is 9.79 Å². The van der Waals surface area contributed by atoms with E-state index < -0.39 is 18.0 Å². The lowest BCUT2D eigenvalue weighted by atomic mass is 9.96. The summed E-state index contributed by atoms with van der Waals surface area (Å²) in [6, 6.07) is -0.322. The largest absolute Gasteiger partial charge is 0.469 e. The van der Waals surface area contributed by atoms with Crippen molar-refractivity contribution >= 4 is 12.7 Å². The lowest BCUT2D eigenvalue weighted by molar-refractivity contribution is -0.149. The van der Waals surface area contributed by atoms with Gasteiger partial charge in [-0.15, -0.1) is 0 Å². The van der Waals surface area contributed by atoms with Crippen LogP contribution >= 0.6 is 0 Å². The van der Waals surface area contributed by atoms with E-state index >= 15 is 0 Å². The topological polar surface area (TPSA) is 58.9 Å². The van der Waals surface area contributed by atoms with Gasteiger partial charge in [-0.2, -0.15) is 0 Å². The fourth-order valence-electron chi connectivity index (χ4n) is 1.05. The number of ether oxygens (including phenoxy) is 1. The van der Waals surface area contributed by atoms with Gasteiger partial charge in [0.25, 0.3) is 0 Å². The van der Waals surface area contributed by atoms with E-state index in [0.717, 1.165) is 0 Å². The number of esters is 1. The first-order valence-electron chi connectivity index (χ1n) is 3.76. The van der Waals surface area contributed by atoms with Crippen molar-refractivity contribution in [2.45, 2.75) is 26.0 Å². The second kappa shape index (κ2) is 4.87. The minimum absolute atomic E-state index is 0.322. The Bertz CT molecular complexity index is 168. The number of carbonyl (C=O) groups is 1. The highest BCUT2D eigenvalue weighted by molar-refractivity contribution is 5.73. The fourth-order valence-corrected chi connectivity index (χ4v) is 1.05. The molecule has 0 aliphatic heterocycles. The number of aliphatic hydroxyl groups excluding tert-OH is 1. The van der Waals surface area contributed by atoms with E-state index in [4.69, 9.17) is 0 Å². The lowest BCUT2D eigenvalue weighted by Gasteiger charge is -2.20. The standard InChI is InChI=1S/C8H15NO3/c1-5(9-3)7(6(2)10)8(11)12-4/h5-7,10H,3H2,1-2,4H3. The summed E-state index contributed by atoms with van der Waals surface area (Å²) in [6.07, 6.45) is -0.766. The third-order valence-electron chi connectivity index (χ3n) is 1.80. The van der Waals surface area contributed by atoms with Gasteiger partial charge < -0.3 is 9.84 Å². The van der Waals surface area contributed by atoms with Gasteiger partial charge in [0.2, 0.25) is 0 Å². The van der Waals surface area contributed by atoms with Crippen molar-refractivity contribution in [3.05, 3.63) is 0 Å². The van der Waals surface area contributed by atoms with E-state index in [1.807, 2.05) is 0 Å². The van der Waals surface area contributed by atoms with Crippen molar-refractivity contribution in [2.75, 3.05) is 7.11 Å². The molecule has 0 bridgehead atoms. The van der Waals surface area contributed by atoms with Crippen LogP contribution in [0.3, 0.4) is 0 Å². The van der Waals surface area contributed by atoms with Gasteiger partial charge in [0.1, 0.15) is 5.92 Å². The number of rotatable bonds is 4. The van der Waals surface area contributed by atoms with Gasteiger partial charge >= 0.3 is 5.97 Å². The highest BCUT2D eigenvalue weighted by Gasteiger charge is 2.29. The van der Waals surface area contributed by atoms with Gasteiger partial charge in [-0.25, -0.2) is 0 Å². The van der Waals surface area contributed by atoms with Crippen LogP contribution in [-0.2, 0) is 9.53 Å². The molecule has 0 heterocycles. The predicted molar refractivity (Wildman–Crippen MR) is 46.2 cm³/mol. The number of nitrogens with zero attached hydrogens (tertiary/aromatic N) is 1. The molecule has 3 atom stereocenters. The second-order valence-electron chi connectivity index (χ2n) is 2.71. The molecule has 0 saturated heterocycles. The molecule has 0 aliphatic carbocycles. The molecule has 0 radical (unpaired) electrons. The van der Waals surface area contributed by atoms with Crippen molar-refractivity contribution in [2.24, 2.45) is 10.9 Å². The molecule has 0 saturated carbocycles. The minimum atomic E-state index is -0.766. The molecule has 4 heteroatoms. The molecule has 1 N–H and O–H groups in total. The zero-order chi connectivity index (χ0) is 9.72. The number of aliphatic hydroxyl groups is 1. The Balaban J connectivity index is 4.42. The van der Waals surface area contributed by atoms with Crippen LogP contribution in [0.15, 0.2) is 4.99 Å². The summed E-state index contributed by atoms with van der Waals surface area (Å²) < 4.78 is 4.51. The number of aliphatic imine (C=N–C) groups is 1. The van der Waals surface area contributed by atoms with E-state index in [1.54, 1.807) is 6.92 Å². The third-order valence-corrected chi connectivity index (χ3v) is 1.80. The van der Waals surface area contributed by atoms with Crippen molar-refractivity contribution in [3.63, 3.8) is 0 Å². The number of hydrogen-bond acceptors (Lipinski definition) is 4. The van der Waals surface area contributed by atoms with Gasteiger partial charge in [0.05, 0.1) is 19.3 Å². The number of carbonyl (C=O) groups excluding carboxylic acids is 1. The van der Waals surface area contributed by atoms with Crippen molar-refractivity contribution in [3.8, 4) is 0 Å². The molecule has 0 spiro atoms. The Labute approximate surface area is 72.3 Å². The summed E-state index contributed by atoms with van der Waals surface area (Å²) in [5.74, 6) is -1.07. The monoisotopic (exact) mass is 173 g/mol. The van der Waals surface area contributed by atoms with Gasteiger partial charge in [-0.05, 0) is 20.6 Å². The number of methoxy groups -OCH3 is 1. The molecular weight excluding hydrogens is 158 g/mol. The summed E-state index contributed by atoms with van der Waals surface area (Å²) in [5.41, 5.74) is 0. The molecule has 0 aromatic carbocycles. The van der Waals surface area contributed by atoms with E-state index in [-0.39, 0.29) is 6.04 Å². The second-order valence-corrected chi connectivity index (χ2v) is 2.71. The molecule has 0 rings (SSSR count). The fraction of sp³-hybridized carbons (Fsp3) is 0.750. The van der Waals surface area contributed by atoms with E-state index in [0.29, 0.717) is 0 Å². The third kappa shape index (κ3) is 2.62. The molecule has 0 aromatic rings. The molecule has 0 amide bonds. The zero-order valence-electron chi connectivity index (χ0n) is 7.65.